The highest BCUT2D eigenvalue weighted by Gasteiger charge is 2.16. The smallest absolute Gasteiger partial charge is 0.167 e. The molecule has 0 aliphatic heterocycles. The van der Waals surface area contributed by atoms with E-state index in [1.54, 1.807) is 24.3 Å². The molecule has 0 heterocycles. The van der Waals surface area contributed by atoms with Crippen molar-refractivity contribution in [1.82, 2.24) is 0 Å². The number of ether oxygens (including phenoxy) is 1. The molecule has 0 aliphatic carbocycles. The third-order valence-corrected chi connectivity index (χ3v) is 7.57. The SMILES string of the molecule is CCCCCCCCc1ccc(-c2ccc(-c3ccc(-c4ccc(OCCCCC)cc4)c(F)c3F)cc2)cc1. The zero-order chi connectivity index (χ0) is 28.2. The van der Waals surface area contributed by atoms with Crippen LogP contribution in [0.5, 0.6) is 5.75 Å². The van der Waals surface area contributed by atoms with Crippen LogP contribution in [0, 0.1) is 11.6 Å². The van der Waals surface area contributed by atoms with Gasteiger partial charge in [-0.05, 0) is 59.2 Å². The first-order valence-corrected chi connectivity index (χ1v) is 15.0. The Kier molecular flexibility index (Phi) is 11.3. The Morgan fingerprint density at radius 1 is 0.475 bits per heavy atom. The third kappa shape index (κ3) is 8.03. The molecule has 4 aromatic rings. The lowest BCUT2D eigenvalue weighted by Gasteiger charge is -2.11. The number of hydrogen-bond acceptors (Lipinski definition) is 1. The Bertz CT molecular complexity index is 1310. The van der Waals surface area contributed by atoms with Gasteiger partial charge in [-0.2, -0.15) is 0 Å². The second-order valence-corrected chi connectivity index (χ2v) is 10.7. The summed E-state index contributed by atoms with van der Waals surface area (Å²) in [5, 5.41) is 0. The highest BCUT2D eigenvalue weighted by atomic mass is 19.2. The van der Waals surface area contributed by atoms with Crippen LogP contribution in [0.25, 0.3) is 33.4 Å². The molecule has 3 heteroatoms. The predicted molar refractivity (Wildman–Crippen MR) is 165 cm³/mol. The summed E-state index contributed by atoms with van der Waals surface area (Å²) >= 11 is 0. The summed E-state index contributed by atoms with van der Waals surface area (Å²) in [6, 6.07) is 26.9. The maximum atomic E-state index is 15.2. The van der Waals surface area contributed by atoms with Crippen LogP contribution in [-0.2, 0) is 6.42 Å². The number of unbranched alkanes of at least 4 members (excludes halogenated alkanes) is 7. The average Bonchev–Trinajstić information content (AvgIpc) is 2.99. The van der Waals surface area contributed by atoms with Gasteiger partial charge in [-0.1, -0.05) is 132 Å². The van der Waals surface area contributed by atoms with Crippen molar-refractivity contribution < 1.29 is 13.5 Å². The van der Waals surface area contributed by atoms with Crippen LogP contribution in [0.2, 0.25) is 0 Å². The van der Waals surface area contributed by atoms with Crippen LogP contribution in [0.4, 0.5) is 8.78 Å². The zero-order valence-corrected chi connectivity index (χ0v) is 24.0. The van der Waals surface area contributed by atoms with Gasteiger partial charge in [-0.15, -0.1) is 0 Å². The van der Waals surface area contributed by atoms with Crippen molar-refractivity contribution in [1.29, 1.82) is 0 Å². The molecule has 40 heavy (non-hydrogen) atoms. The van der Waals surface area contributed by atoms with Crippen molar-refractivity contribution in [3.05, 3.63) is 102 Å². The average molecular weight is 541 g/mol. The van der Waals surface area contributed by atoms with E-state index in [0.29, 0.717) is 17.7 Å². The van der Waals surface area contributed by atoms with Gasteiger partial charge >= 0.3 is 0 Å². The van der Waals surface area contributed by atoms with Crippen molar-refractivity contribution in [3.8, 4) is 39.1 Å². The van der Waals surface area contributed by atoms with E-state index in [2.05, 4.69) is 38.1 Å². The van der Waals surface area contributed by atoms with Gasteiger partial charge in [0.1, 0.15) is 5.75 Å². The van der Waals surface area contributed by atoms with Crippen molar-refractivity contribution in [3.63, 3.8) is 0 Å². The Labute approximate surface area is 239 Å². The van der Waals surface area contributed by atoms with Crippen molar-refractivity contribution in [2.75, 3.05) is 6.61 Å². The van der Waals surface area contributed by atoms with E-state index in [9.17, 15) is 0 Å². The molecular weight excluding hydrogens is 498 g/mol. The first kappa shape index (κ1) is 29.5. The maximum absolute atomic E-state index is 15.2. The molecule has 0 saturated carbocycles. The predicted octanol–water partition coefficient (Wildman–Crippen LogP) is 11.4. The van der Waals surface area contributed by atoms with Gasteiger partial charge in [0.25, 0.3) is 0 Å². The fraction of sp³-hybridized carbons (Fsp3) is 0.351. The van der Waals surface area contributed by atoms with Crippen LogP contribution in [0.3, 0.4) is 0 Å². The molecule has 0 fully saturated rings. The lowest BCUT2D eigenvalue weighted by Crippen LogP contribution is -1.97. The summed E-state index contributed by atoms with van der Waals surface area (Å²) in [6.07, 6.45) is 12.2. The Morgan fingerprint density at radius 2 is 0.925 bits per heavy atom. The summed E-state index contributed by atoms with van der Waals surface area (Å²) in [5.41, 5.74) is 5.33. The van der Waals surface area contributed by atoms with E-state index < -0.39 is 11.6 Å². The molecule has 0 saturated heterocycles. The Morgan fingerprint density at radius 3 is 1.50 bits per heavy atom. The monoisotopic (exact) mass is 540 g/mol. The molecule has 4 aromatic carbocycles. The first-order chi connectivity index (χ1) is 19.6. The lowest BCUT2D eigenvalue weighted by atomic mass is 9.96. The highest BCUT2D eigenvalue weighted by Crippen LogP contribution is 2.33. The summed E-state index contributed by atoms with van der Waals surface area (Å²) in [5.74, 6) is -0.923. The molecule has 0 unspecified atom stereocenters. The van der Waals surface area contributed by atoms with Gasteiger partial charge in [0, 0.05) is 11.1 Å². The van der Waals surface area contributed by atoms with Crippen LogP contribution < -0.4 is 4.74 Å². The van der Waals surface area contributed by atoms with Gasteiger partial charge in [0.15, 0.2) is 11.6 Å². The van der Waals surface area contributed by atoms with E-state index in [1.165, 1.54) is 44.1 Å². The number of aryl methyl sites for hydroxylation is 1. The van der Waals surface area contributed by atoms with E-state index in [-0.39, 0.29) is 11.1 Å². The standard InChI is InChI=1S/C37H42F2O/c1-3-5-7-8-9-10-12-28-13-15-29(16-14-28)30-17-19-31(20-18-30)34-25-26-35(37(39)36(34)38)32-21-23-33(24-22-32)40-27-11-6-4-2/h13-26H,3-12,27H2,1-2H3. The van der Waals surface area contributed by atoms with Crippen LogP contribution in [-0.4, -0.2) is 6.61 Å². The fourth-order valence-electron chi connectivity index (χ4n) is 5.08. The number of benzene rings is 4. The van der Waals surface area contributed by atoms with Gasteiger partial charge in [0.05, 0.1) is 6.61 Å². The number of rotatable bonds is 15. The normalized spacial score (nSPS) is 11.1. The van der Waals surface area contributed by atoms with Gasteiger partial charge in [-0.3, -0.25) is 0 Å². The summed E-state index contributed by atoms with van der Waals surface area (Å²) in [6.45, 7) is 5.06. The van der Waals surface area contributed by atoms with Crippen LogP contribution in [0.15, 0.2) is 84.9 Å². The minimum absolute atomic E-state index is 0.247. The highest BCUT2D eigenvalue weighted by molar-refractivity contribution is 5.74. The second-order valence-electron chi connectivity index (χ2n) is 10.7. The molecule has 0 atom stereocenters. The summed E-state index contributed by atoms with van der Waals surface area (Å²) in [7, 11) is 0. The van der Waals surface area contributed by atoms with Crippen molar-refractivity contribution >= 4 is 0 Å². The third-order valence-electron chi connectivity index (χ3n) is 7.57. The maximum Gasteiger partial charge on any atom is 0.167 e. The molecular formula is C37H42F2O. The molecule has 4 rings (SSSR count). The molecule has 0 N–H and O–H groups in total. The number of halogens is 2. The molecule has 0 bridgehead atoms. The van der Waals surface area contributed by atoms with E-state index in [4.69, 9.17) is 4.74 Å². The van der Waals surface area contributed by atoms with Gasteiger partial charge in [0.2, 0.25) is 0 Å². The van der Waals surface area contributed by atoms with Gasteiger partial charge in [-0.25, -0.2) is 8.78 Å². The van der Waals surface area contributed by atoms with Crippen LogP contribution >= 0.6 is 0 Å². The minimum Gasteiger partial charge on any atom is -0.494 e. The molecule has 0 radical (unpaired) electrons. The van der Waals surface area contributed by atoms with E-state index in [1.807, 2.05) is 36.4 Å². The lowest BCUT2D eigenvalue weighted by molar-refractivity contribution is 0.306. The number of hydrogen-bond donors (Lipinski definition) is 0. The quantitative estimate of drug-likeness (QED) is 0.136. The first-order valence-electron chi connectivity index (χ1n) is 15.0. The second kappa shape index (κ2) is 15.4. The fourth-order valence-corrected chi connectivity index (χ4v) is 5.08. The Balaban J connectivity index is 1.39. The molecule has 0 aliphatic rings. The van der Waals surface area contributed by atoms with Gasteiger partial charge < -0.3 is 4.74 Å². The molecule has 0 aromatic heterocycles. The molecule has 1 nitrogen and oxygen atoms in total. The molecule has 210 valence electrons. The zero-order valence-electron chi connectivity index (χ0n) is 24.0. The minimum atomic E-state index is -0.834. The summed E-state index contributed by atoms with van der Waals surface area (Å²) in [4.78, 5) is 0. The Hall–Kier alpha value is -3.46. The molecule has 0 amide bonds. The van der Waals surface area contributed by atoms with Crippen molar-refractivity contribution in [2.45, 2.75) is 78.1 Å². The van der Waals surface area contributed by atoms with Crippen LogP contribution in [0.1, 0.15) is 77.2 Å². The van der Waals surface area contributed by atoms with E-state index in [0.717, 1.165) is 42.6 Å². The summed E-state index contributed by atoms with van der Waals surface area (Å²) < 4.78 is 36.1. The molecule has 0 spiro atoms. The van der Waals surface area contributed by atoms with E-state index >= 15 is 8.78 Å². The topological polar surface area (TPSA) is 9.23 Å². The largest absolute Gasteiger partial charge is 0.494 e. The van der Waals surface area contributed by atoms with Crippen molar-refractivity contribution in [2.24, 2.45) is 0 Å².